The summed E-state index contributed by atoms with van der Waals surface area (Å²) in [5.41, 5.74) is 0. The fourth-order valence-corrected chi connectivity index (χ4v) is 0.593. The third-order valence-electron chi connectivity index (χ3n) is 1.26. The zero-order valence-electron chi connectivity index (χ0n) is 5.87. The minimum Gasteiger partial charge on any atom is -0.393 e. The van der Waals surface area contributed by atoms with Crippen LogP contribution in [0, 0.1) is 0 Å². The van der Waals surface area contributed by atoms with Crippen molar-refractivity contribution in [2.45, 2.75) is 38.9 Å². The van der Waals surface area contributed by atoms with Gasteiger partial charge < -0.3 is 5.11 Å². The lowest BCUT2D eigenvalue weighted by atomic mass is 10.1. The van der Waals surface area contributed by atoms with Gasteiger partial charge in [-0.2, -0.15) is 0 Å². The first kappa shape index (κ1) is 8.88. The first-order valence-corrected chi connectivity index (χ1v) is 3.19. The van der Waals surface area contributed by atoms with Gasteiger partial charge in [0.15, 0.2) is 0 Å². The van der Waals surface area contributed by atoms with Crippen LogP contribution in [0.4, 0.5) is 0 Å². The number of aliphatic hydroxyl groups excluding tert-OH is 1. The van der Waals surface area contributed by atoms with E-state index in [0.717, 1.165) is 0 Å². The number of aliphatic hydroxyl groups is 1. The highest BCUT2D eigenvalue weighted by Gasteiger charge is 2.07. The molecular weight excluding hydrogens is 120 g/mol. The highest BCUT2D eigenvalue weighted by Crippen LogP contribution is 2.02. The number of rotatable bonds is 4. The Morgan fingerprint density at radius 1 is 1.56 bits per heavy atom. The van der Waals surface area contributed by atoms with Gasteiger partial charge in [0, 0.05) is 6.42 Å². The molecule has 2 N–H and O–H groups in total. The molecule has 0 aliphatic rings. The summed E-state index contributed by atoms with van der Waals surface area (Å²) in [6.07, 6.45) is 0.577. The molecule has 2 unspecified atom stereocenters. The first-order valence-electron chi connectivity index (χ1n) is 3.19. The van der Waals surface area contributed by atoms with E-state index in [4.69, 9.17) is 10.4 Å². The number of hydrogen-bond acceptors (Lipinski definition) is 3. The van der Waals surface area contributed by atoms with Gasteiger partial charge in [0.2, 0.25) is 0 Å². The molecule has 56 valence electrons. The second-order valence-corrected chi connectivity index (χ2v) is 2.21. The summed E-state index contributed by atoms with van der Waals surface area (Å²) in [5.74, 6) is 0. The molecule has 9 heavy (non-hydrogen) atoms. The summed E-state index contributed by atoms with van der Waals surface area (Å²) in [4.78, 5) is 3.96. The van der Waals surface area contributed by atoms with Crippen molar-refractivity contribution in [3.63, 3.8) is 0 Å². The predicted molar refractivity (Wildman–Crippen MR) is 34.1 cm³/mol. The van der Waals surface area contributed by atoms with Crippen molar-refractivity contribution in [2.75, 3.05) is 0 Å². The van der Waals surface area contributed by atoms with Crippen LogP contribution in [0.25, 0.3) is 0 Å². The third-order valence-corrected chi connectivity index (χ3v) is 1.26. The van der Waals surface area contributed by atoms with E-state index in [1.165, 1.54) is 0 Å². The molecule has 0 heterocycles. The summed E-state index contributed by atoms with van der Waals surface area (Å²) in [7, 11) is 0. The van der Waals surface area contributed by atoms with Crippen LogP contribution in [0.1, 0.15) is 26.7 Å². The molecule has 0 saturated carbocycles. The van der Waals surface area contributed by atoms with Crippen LogP contribution in [0.2, 0.25) is 0 Å². The standard InChI is InChI=1S/C6H14O3/c1-3-6(7)4-5(2)9-8/h5-8H,3-4H2,1-2H3. The van der Waals surface area contributed by atoms with Gasteiger partial charge in [-0.25, -0.2) is 4.89 Å². The maximum absolute atomic E-state index is 8.97. The molecule has 0 saturated heterocycles. The van der Waals surface area contributed by atoms with Gasteiger partial charge in [0.1, 0.15) is 0 Å². The molecule has 2 atom stereocenters. The maximum Gasteiger partial charge on any atom is 0.0923 e. The van der Waals surface area contributed by atoms with Crippen molar-refractivity contribution in [1.82, 2.24) is 0 Å². The maximum atomic E-state index is 8.97. The van der Waals surface area contributed by atoms with E-state index < -0.39 is 0 Å². The lowest BCUT2D eigenvalue weighted by molar-refractivity contribution is -0.278. The molecule has 0 fully saturated rings. The van der Waals surface area contributed by atoms with E-state index in [1.54, 1.807) is 6.92 Å². The second-order valence-electron chi connectivity index (χ2n) is 2.21. The normalized spacial score (nSPS) is 17.3. The summed E-state index contributed by atoms with van der Waals surface area (Å²) in [6, 6.07) is 0. The molecule has 0 aliphatic heterocycles. The fourth-order valence-electron chi connectivity index (χ4n) is 0.593. The largest absolute Gasteiger partial charge is 0.393 e. The van der Waals surface area contributed by atoms with Crippen molar-refractivity contribution >= 4 is 0 Å². The van der Waals surface area contributed by atoms with E-state index >= 15 is 0 Å². The predicted octanol–water partition coefficient (Wildman–Crippen LogP) is 1.03. The van der Waals surface area contributed by atoms with Gasteiger partial charge in [-0.05, 0) is 13.3 Å². The average molecular weight is 134 g/mol. The van der Waals surface area contributed by atoms with Crippen molar-refractivity contribution in [1.29, 1.82) is 0 Å². The van der Waals surface area contributed by atoms with E-state index in [2.05, 4.69) is 4.89 Å². The Labute approximate surface area is 55.2 Å². The van der Waals surface area contributed by atoms with Gasteiger partial charge in [-0.3, -0.25) is 5.26 Å². The quantitative estimate of drug-likeness (QED) is 0.446. The monoisotopic (exact) mass is 134 g/mol. The van der Waals surface area contributed by atoms with Crippen LogP contribution < -0.4 is 0 Å². The van der Waals surface area contributed by atoms with Crippen LogP contribution >= 0.6 is 0 Å². The molecular formula is C6H14O3. The topological polar surface area (TPSA) is 49.7 Å². The van der Waals surface area contributed by atoms with Gasteiger partial charge in [-0.15, -0.1) is 0 Å². The second kappa shape index (κ2) is 4.73. The van der Waals surface area contributed by atoms with Crippen molar-refractivity contribution in [3.05, 3.63) is 0 Å². The van der Waals surface area contributed by atoms with Crippen molar-refractivity contribution in [2.24, 2.45) is 0 Å². The molecule has 0 aromatic rings. The van der Waals surface area contributed by atoms with Crippen LogP contribution in [0.15, 0.2) is 0 Å². The minimum atomic E-state index is -0.354. The molecule has 0 rings (SSSR count). The number of hydrogen-bond donors (Lipinski definition) is 2. The Hall–Kier alpha value is -0.120. The minimum absolute atomic E-state index is 0.264. The molecule has 3 nitrogen and oxygen atoms in total. The molecule has 0 bridgehead atoms. The van der Waals surface area contributed by atoms with E-state index in [0.29, 0.717) is 12.8 Å². The molecule has 0 aliphatic carbocycles. The van der Waals surface area contributed by atoms with Gasteiger partial charge in [0.05, 0.1) is 12.2 Å². The summed E-state index contributed by atoms with van der Waals surface area (Å²) in [5, 5.41) is 17.0. The van der Waals surface area contributed by atoms with Gasteiger partial charge >= 0.3 is 0 Å². The Morgan fingerprint density at radius 2 is 2.11 bits per heavy atom. The van der Waals surface area contributed by atoms with Gasteiger partial charge in [0.25, 0.3) is 0 Å². The lowest BCUT2D eigenvalue weighted by Gasteiger charge is -2.10. The first-order chi connectivity index (χ1) is 4.20. The molecule has 3 heteroatoms. The molecule has 0 aromatic heterocycles. The Morgan fingerprint density at radius 3 is 2.44 bits per heavy atom. The van der Waals surface area contributed by atoms with E-state index in [-0.39, 0.29) is 12.2 Å². The summed E-state index contributed by atoms with van der Waals surface area (Å²) in [6.45, 7) is 3.59. The fraction of sp³-hybridized carbons (Fsp3) is 1.00. The smallest absolute Gasteiger partial charge is 0.0923 e. The van der Waals surface area contributed by atoms with E-state index in [9.17, 15) is 0 Å². The van der Waals surface area contributed by atoms with Crippen LogP contribution in [-0.2, 0) is 4.89 Å². The zero-order chi connectivity index (χ0) is 7.28. The van der Waals surface area contributed by atoms with Crippen molar-refractivity contribution < 1.29 is 15.3 Å². The van der Waals surface area contributed by atoms with Crippen LogP contribution in [0.5, 0.6) is 0 Å². The molecule has 0 radical (unpaired) electrons. The van der Waals surface area contributed by atoms with Crippen LogP contribution in [0.3, 0.4) is 0 Å². The zero-order valence-corrected chi connectivity index (χ0v) is 5.87. The Bertz CT molecular complexity index is 57.3. The van der Waals surface area contributed by atoms with Gasteiger partial charge in [-0.1, -0.05) is 6.92 Å². The SMILES string of the molecule is CCC(O)CC(C)OO. The van der Waals surface area contributed by atoms with E-state index in [1.807, 2.05) is 6.92 Å². The summed E-state index contributed by atoms with van der Waals surface area (Å²) < 4.78 is 0. The highest BCUT2D eigenvalue weighted by atomic mass is 17.1. The lowest BCUT2D eigenvalue weighted by Crippen LogP contribution is -2.15. The highest BCUT2D eigenvalue weighted by molar-refractivity contribution is 4.56. The van der Waals surface area contributed by atoms with Crippen molar-refractivity contribution in [3.8, 4) is 0 Å². The Kier molecular flexibility index (Phi) is 4.67. The van der Waals surface area contributed by atoms with Crippen LogP contribution in [-0.4, -0.2) is 22.6 Å². The Balaban J connectivity index is 3.22. The average Bonchev–Trinajstić information content (AvgIpc) is 1.87. The molecule has 0 amide bonds. The molecule has 0 spiro atoms. The third kappa shape index (κ3) is 4.39. The molecule has 0 aromatic carbocycles. The summed E-state index contributed by atoms with van der Waals surface area (Å²) >= 11 is 0.